The van der Waals surface area contributed by atoms with Gasteiger partial charge in [0.1, 0.15) is 5.82 Å². The Balaban J connectivity index is 1.68. The molecule has 1 heterocycles. The molecule has 146 valence electrons. The van der Waals surface area contributed by atoms with Crippen molar-refractivity contribution in [3.05, 3.63) is 47.7 Å². The Labute approximate surface area is 163 Å². The summed E-state index contributed by atoms with van der Waals surface area (Å²) in [5.74, 6) is 0.653. The summed E-state index contributed by atoms with van der Waals surface area (Å²) in [6.07, 6.45) is 4.34. The summed E-state index contributed by atoms with van der Waals surface area (Å²) in [7, 11) is 0. The molecule has 0 radical (unpaired) electrons. The molecule has 1 aromatic carbocycles. The Bertz CT molecular complexity index is 703. The van der Waals surface area contributed by atoms with Gasteiger partial charge in [0.05, 0.1) is 0 Å². The molecule has 0 aliphatic heterocycles. The number of nitrogens with one attached hydrogen (secondary N) is 1. The second kappa shape index (κ2) is 10.6. The molecule has 0 aliphatic carbocycles. The fourth-order valence-corrected chi connectivity index (χ4v) is 3.23. The van der Waals surface area contributed by atoms with E-state index in [1.165, 1.54) is 5.69 Å². The Morgan fingerprint density at radius 2 is 1.78 bits per heavy atom. The first-order valence-electron chi connectivity index (χ1n) is 9.89. The Kier molecular flexibility index (Phi) is 8.11. The van der Waals surface area contributed by atoms with E-state index in [1.54, 1.807) is 0 Å². The standard InChI is InChI=1S/C22H32N4O/c1-4-26(5-2)20-13-11-18(12-14-20)25-22(27)10-8-6-7-9-19-15-17(3)16-21(23)24-19/h11-16H,4-10H2,1-3H3,(H2,23,24)(H,25,27). The molecule has 0 saturated carbocycles. The van der Waals surface area contributed by atoms with Crippen LogP contribution in [0.5, 0.6) is 0 Å². The van der Waals surface area contributed by atoms with Crippen LogP contribution in [0.1, 0.15) is 50.8 Å². The van der Waals surface area contributed by atoms with E-state index in [-0.39, 0.29) is 5.91 Å². The monoisotopic (exact) mass is 368 g/mol. The number of carbonyl (C=O) groups is 1. The molecular weight excluding hydrogens is 336 g/mol. The molecule has 0 aliphatic rings. The normalized spacial score (nSPS) is 10.6. The predicted molar refractivity (Wildman–Crippen MR) is 114 cm³/mol. The average Bonchev–Trinajstić information content (AvgIpc) is 2.63. The van der Waals surface area contributed by atoms with Gasteiger partial charge in [-0.2, -0.15) is 0 Å². The molecule has 0 spiro atoms. The number of nitrogens with zero attached hydrogens (tertiary/aromatic N) is 2. The van der Waals surface area contributed by atoms with Crippen molar-refractivity contribution in [2.24, 2.45) is 0 Å². The molecule has 1 aromatic heterocycles. The zero-order chi connectivity index (χ0) is 19.6. The Hall–Kier alpha value is -2.56. The van der Waals surface area contributed by atoms with E-state index in [0.29, 0.717) is 12.2 Å². The van der Waals surface area contributed by atoms with E-state index < -0.39 is 0 Å². The number of amides is 1. The molecule has 5 nitrogen and oxygen atoms in total. The van der Waals surface area contributed by atoms with Crippen molar-refractivity contribution in [1.29, 1.82) is 0 Å². The molecule has 0 unspecified atom stereocenters. The van der Waals surface area contributed by atoms with E-state index in [9.17, 15) is 4.79 Å². The number of rotatable bonds is 10. The summed E-state index contributed by atoms with van der Waals surface area (Å²) in [4.78, 5) is 18.7. The van der Waals surface area contributed by atoms with Crippen molar-refractivity contribution in [2.75, 3.05) is 29.0 Å². The number of hydrogen-bond donors (Lipinski definition) is 2. The number of unbranched alkanes of at least 4 members (excludes halogenated alkanes) is 2. The highest BCUT2D eigenvalue weighted by Gasteiger charge is 2.05. The lowest BCUT2D eigenvalue weighted by molar-refractivity contribution is -0.116. The van der Waals surface area contributed by atoms with Gasteiger partial charge < -0.3 is 16.0 Å². The van der Waals surface area contributed by atoms with Crippen molar-refractivity contribution in [3.8, 4) is 0 Å². The van der Waals surface area contributed by atoms with Crippen LogP contribution in [0.15, 0.2) is 36.4 Å². The maximum absolute atomic E-state index is 12.1. The third kappa shape index (κ3) is 6.93. The Morgan fingerprint density at radius 1 is 1.07 bits per heavy atom. The number of carbonyl (C=O) groups excluding carboxylic acids is 1. The predicted octanol–water partition coefficient (Wildman–Crippen LogP) is 4.56. The number of aryl methyl sites for hydroxylation is 2. The van der Waals surface area contributed by atoms with Crippen molar-refractivity contribution in [1.82, 2.24) is 4.98 Å². The van der Waals surface area contributed by atoms with Crippen molar-refractivity contribution in [2.45, 2.75) is 52.9 Å². The van der Waals surface area contributed by atoms with Gasteiger partial charge in [0.2, 0.25) is 5.91 Å². The molecule has 1 amide bonds. The van der Waals surface area contributed by atoms with E-state index in [0.717, 1.165) is 55.7 Å². The minimum absolute atomic E-state index is 0.0727. The van der Waals surface area contributed by atoms with Crippen LogP contribution in [0.2, 0.25) is 0 Å². The van der Waals surface area contributed by atoms with Crippen LogP contribution in [-0.4, -0.2) is 24.0 Å². The van der Waals surface area contributed by atoms with Crippen LogP contribution >= 0.6 is 0 Å². The van der Waals surface area contributed by atoms with Gasteiger partial charge in [0, 0.05) is 36.6 Å². The first-order chi connectivity index (χ1) is 13.0. The van der Waals surface area contributed by atoms with Gasteiger partial charge in [-0.25, -0.2) is 4.98 Å². The zero-order valence-corrected chi connectivity index (χ0v) is 16.8. The lowest BCUT2D eigenvalue weighted by atomic mass is 10.1. The van der Waals surface area contributed by atoms with Gasteiger partial charge in [-0.3, -0.25) is 4.79 Å². The van der Waals surface area contributed by atoms with E-state index in [4.69, 9.17) is 5.73 Å². The first kappa shape index (κ1) is 20.7. The highest BCUT2D eigenvalue weighted by Crippen LogP contribution is 2.18. The van der Waals surface area contributed by atoms with Crippen molar-refractivity contribution >= 4 is 23.1 Å². The second-order valence-corrected chi connectivity index (χ2v) is 6.89. The molecule has 0 saturated heterocycles. The number of benzene rings is 1. The number of anilines is 3. The fraction of sp³-hybridized carbons (Fsp3) is 0.455. The highest BCUT2D eigenvalue weighted by atomic mass is 16.1. The number of nitrogen functional groups attached to an aromatic ring is 1. The average molecular weight is 369 g/mol. The molecule has 0 fully saturated rings. The number of pyridine rings is 1. The molecule has 5 heteroatoms. The van der Waals surface area contributed by atoms with Crippen LogP contribution in [0.4, 0.5) is 17.2 Å². The zero-order valence-electron chi connectivity index (χ0n) is 16.8. The summed E-state index contributed by atoms with van der Waals surface area (Å²) in [5.41, 5.74) is 9.99. The summed E-state index contributed by atoms with van der Waals surface area (Å²) in [5, 5.41) is 2.98. The van der Waals surface area contributed by atoms with Crippen LogP contribution in [0.25, 0.3) is 0 Å². The molecule has 2 aromatic rings. The third-order valence-electron chi connectivity index (χ3n) is 4.66. The maximum Gasteiger partial charge on any atom is 0.224 e. The van der Waals surface area contributed by atoms with Gasteiger partial charge in [-0.05, 0) is 82.0 Å². The summed E-state index contributed by atoms with van der Waals surface area (Å²) in [6, 6.07) is 12.0. The third-order valence-corrected chi connectivity index (χ3v) is 4.66. The molecule has 3 N–H and O–H groups in total. The van der Waals surface area contributed by atoms with Crippen molar-refractivity contribution < 1.29 is 4.79 Å². The van der Waals surface area contributed by atoms with Crippen molar-refractivity contribution in [3.63, 3.8) is 0 Å². The number of nitrogens with two attached hydrogens (primary N) is 1. The first-order valence-corrected chi connectivity index (χ1v) is 9.89. The quantitative estimate of drug-likeness (QED) is 0.603. The number of aromatic nitrogens is 1. The van der Waals surface area contributed by atoms with Gasteiger partial charge in [-0.1, -0.05) is 6.42 Å². The summed E-state index contributed by atoms with van der Waals surface area (Å²) < 4.78 is 0. The molecule has 2 rings (SSSR count). The van der Waals surface area contributed by atoms with Crippen LogP contribution in [-0.2, 0) is 11.2 Å². The lowest BCUT2D eigenvalue weighted by Gasteiger charge is -2.21. The minimum atomic E-state index is 0.0727. The van der Waals surface area contributed by atoms with Gasteiger partial charge in [-0.15, -0.1) is 0 Å². The van der Waals surface area contributed by atoms with E-state index >= 15 is 0 Å². The smallest absolute Gasteiger partial charge is 0.224 e. The maximum atomic E-state index is 12.1. The van der Waals surface area contributed by atoms with Crippen LogP contribution in [0.3, 0.4) is 0 Å². The lowest BCUT2D eigenvalue weighted by Crippen LogP contribution is -2.21. The Morgan fingerprint density at radius 3 is 2.41 bits per heavy atom. The molecule has 0 atom stereocenters. The van der Waals surface area contributed by atoms with Gasteiger partial charge in [0.25, 0.3) is 0 Å². The molecule has 0 bridgehead atoms. The second-order valence-electron chi connectivity index (χ2n) is 6.89. The van der Waals surface area contributed by atoms with Crippen LogP contribution in [0, 0.1) is 6.92 Å². The number of hydrogen-bond acceptors (Lipinski definition) is 4. The highest BCUT2D eigenvalue weighted by molar-refractivity contribution is 5.90. The van der Waals surface area contributed by atoms with Crippen LogP contribution < -0.4 is 16.0 Å². The minimum Gasteiger partial charge on any atom is -0.384 e. The molecular formula is C22H32N4O. The van der Waals surface area contributed by atoms with Gasteiger partial charge >= 0.3 is 0 Å². The summed E-state index contributed by atoms with van der Waals surface area (Å²) >= 11 is 0. The van der Waals surface area contributed by atoms with Gasteiger partial charge in [0.15, 0.2) is 0 Å². The topological polar surface area (TPSA) is 71.2 Å². The summed E-state index contributed by atoms with van der Waals surface area (Å²) in [6.45, 7) is 8.27. The fourth-order valence-electron chi connectivity index (χ4n) is 3.23. The SMILES string of the molecule is CCN(CC)c1ccc(NC(=O)CCCCCc2cc(C)cc(N)n2)cc1. The van der Waals surface area contributed by atoms with E-state index in [1.807, 2.05) is 25.1 Å². The largest absolute Gasteiger partial charge is 0.384 e. The molecule has 27 heavy (non-hydrogen) atoms. The van der Waals surface area contributed by atoms with E-state index in [2.05, 4.69) is 47.2 Å².